The van der Waals surface area contributed by atoms with Gasteiger partial charge < -0.3 is 14.9 Å². The molecule has 7 nitrogen and oxygen atoms in total. The van der Waals surface area contributed by atoms with E-state index < -0.39 is 17.9 Å². The quantitative estimate of drug-likeness (QED) is 0.282. The Hall–Kier alpha value is -4.26. The van der Waals surface area contributed by atoms with Gasteiger partial charge >= 0.3 is 5.97 Å². The number of hydrogen-bond acceptors (Lipinski definition) is 5. The Labute approximate surface area is 222 Å². The van der Waals surface area contributed by atoms with E-state index in [1.165, 1.54) is 5.56 Å². The van der Waals surface area contributed by atoms with Gasteiger partial charge in [-0.3, -0.25) is 4.79 Å². The number of aryl methyl sites for hydroxylation is 1. The van der Waals surface area contributed by atoms with Crippen LogP contribution in [0.3, 0.4) is 0 Å². The molecule has 0 saturated carbocycles. The van der Waals surface area contributed by atoms with Gasteiger partial charge in [-0.15, -0.1) is 0 Å². The van der Waals surface area contributed by atoms with E-state index in [0.29, 0.717) is 17.3 Å². The zero-order valence-corrected chi connectivity index (χ0v) is 22.2. The van der Waals surface area contributed by atoms with Crippen LogP contribution in [0.2, 0.25) is 0 Å². The van der Waals surface area contributed by atoms with Crippen molar-refractivity contribution in [3.05, 3.63) is 95.1 Å². The standard InChI is InChI=1S/C31H33N3O4/c1-5-6-20-7-13-24(14-8-20)29-33-27(34-38-29)22-11-9-21(10-12-22)19-26(30(36)37)32-28(35)23-15-17-25(18-16-23)31(2,3)4/h7-18,26H,5-6,19H2,1-4H3,(H,32,35)(H,36,37)/t26-/m0/s1. The second-order valence-corrected chi connectivity index (χ2v) is 10.5. The molecule has 0 spiro atoms. The summed E-state index contributed by atoms with van der Waals surface area (Å²) in [6.07, 6.45) is 2.26. The highest BCUT2D eigenvalue weighted by molar-refractivity contribution is 5.96. The number of hydrogen-bond donors (Lipinski definition) is 2. The van der Waals surface area contributed by atoms with Crippen molar-refractivity contribution in [2.24, 2.45) is 0 Å². The maximum atomic E-state index is 12.7. The second-order valence-electron chi connectivity index (χ2n) is 10.5. The summed E-state index contributed by atoms with van der Waals surface area (Å²) in [4.78, 5) is 29.1. The van der Waals surface area contributed by atoms with Crippen LogP contribution in [0, 0.1) is 0 Å². The lowest BCUT2D eigenvalue weighted by atomic mass is 9.86. The van der Waals surface area contributed by atoms with Crippen LogP contribution in [0.5, 0.6) is 0 Å². The largest absolute Gasteiger partial charge is 0.480 e. The Morgan fingerprint density at radius 2 is 1.50 bits per heavy atom. The molecule has 0 radical (unpaired) electrons. The number of carbonyl (C=O) groups excluding carboxylic acids is 1. The van der Waals surface area contributed by atoms with E-state index >= 15 is 0 Å². The van der Waals surface area contributed by atoms with Gasteiger partial charge in [0.15, 0.2) is 0 Å². The van der Waals surface area contributed by atoms with E-state index in [2.05, 4.69) is 55.3 Å². The molecule has 2 N–H and O–H groups in total. The average Bonchev–Trinajstić information content (AvgIpc) is 3.39. The monoisotopic (exact) mass is 511 g/mol. The smallest absolute Gasteiger partial charge is 0.326 e. The molecule has 0 aliphatic carbocycles. The number of amides is 1. The van der Waals surface area contributed by atoms with Crippen molar-refractivity contribution in [3.8, 4) is 22.8 Å². The minimum atomic E-state index is -1.10. The van der Waals surface area contributed by atoms with E-state index in [9.17, 15) is 14.7 Å². The number of aromatic nitrogens is 2. The molecule has 38 heavy (non-hydrogen) atoms. The topological polar surface area (TPSA) is 105 Å². The molecular formula is C31H33N3O4. The highest BCUT2D eigenvalue weighted by Gasteiger charge is 2.22. The molecule has 1 atom stereocenters. The number of aliphatic carboxylic acids is 1. The molecule has 0 unspecified atom stereocenters. The summed E-state index contributed by atoms with van der Waals surface area (Å²) in [6, 6.07) is 21.5. The fraction of sp³-hybridized carbons (Fsp3) is 0.290. The number of nitrogens with zero attached hydrogens (tertiary/aromatic N) is 2. The fourth-order valence-corrected chi connectivity index (χ4v) is 4.15. The van der Waals surface area contributed by atoms with Crippen LogP contribution in [0.4, 0.5) is 0 Å². The SMILES string of the molecule is CCCc1ccc(-c2nc(-c3ccc(C[C@H](NC(=O)c4ccc(C(C)(C)C)cc4)C(=O)O)cc3)no2)cc1. The molecule has 7 heteroatoms. The number of benzene rings is 3. The van der Waals surface area contributed by atoms with Crippen LogP contribution in [0.1, 0.15) is 61.2 Å². The molecule has 196 valence electrons. The Morgan fingerprint density at radius 3 is 2.08 bits per heavy atom. The van der Waals surface area contributed by atoms with Crippen LogP contribution in [-0.4, -0.2) is 33.2 Å². The summed E-state index contributed by atoms with van der Waals surface area (Å²) in [5.41, 5.74) is 5.12. The Kier molecular flexibility index (Phi) is 8.05. The highest BCUT2D eigenvalue weighted by Crippen LogP contribution is 2.24. The molecule has 0 bridgehead atoms. The van der Waals surface area contributed by atoms with Gasteiger partial charge in [0.25, 0.3) is 11.8 Å². The first-order chi connectivity index (χ1) is 18.1. The number of carboxylic acids is 1. The van der Waals surface area contributed by atoms with Gasteiger partial charge in [0.05, 0.1) is 0 Å². The first kappa shape index (κ1) is 26.8. The summed E-state index contributed by atoms with van der Waals surface area (Å²) >= 11 is 0. The molecule has 0 aliphatic heterocycles. The molecule has 3 aromatic carbocycles. The number of rotatable bonds is 9. The maximum absolute atomic E-state index is 12.7. The predicted molar refractivity (Wildman–Crippen MR) is 147 cm³/mol. The zero-order chi connectivity index (χ0) is 27.3. The van der Waals surface area contributed by atoms with Crippen molar-refractivity contribution >= 4 is 11.9 Å². The van der Waals surface area contributed by atoms with E-state index in [4.69, 9.17) is 4.52 Å². The van der Waals surface area contributed by atoms with E-state index in [0.717, 1.165) is 35.1 Å². The van der Waals surface area contributed by atoms with Gasteiger partial charge in [-0.05, 0) is 52.8 Å². The normalized spacial score (nSPS) is 12.2. The third kappa shape index (κ3) is 6.54. The van der Waals surface area contributed by atoms with Gasteiger partial charge in [0.1, 0.15) is 6.04 Å². The van der Waals surface area contributed by atoms with Crippen LogP contribution >= 0.6 is 0 Å². The summed E-state index contributed by atoms with van der Waals surface area (Å²) in [5.74, 6) is -0.625. The molecule has 1 aromatic heterocycles. The van der Waals surface area contributed by atoms with Crippen molar-refractivity contribution in [1.82, 2.24) is 15.5 Å². The van der Waals surface area contributed by atoms with E-state index in [1.807, 2.05) is 48.5 Å². The Balaban J connectivity index is 1.41. The number of carbonyl (C=O) groups is 2. The Morgan fingerprint density at radius 1 is 0.895 bits per heavy atom. The average molecular weight is 512 g/mol. The molecule has 0 saturated heterocycles. The lowest BCUT2D eigenvalue weighted by Crippen LogP contribution is -2.42. The van der Waals surface area contributed by atoms with Crippen LogP contribution in [0.15, 0.2) is 77.3 Å². The first-order valence-corrected chi connectivity index (χ1v) is 12.8. The molecule has 0 aliphatic rings. The summed E-state index contributed by atoms with van der Waals surface area (Å²) in [5, 5.41) is 16.5. The van der Waals surface area contributed by atoms with Crippen molar-refractivity contribution < 1.29 is 19.2 Å². The van der Waals surface area contributed by atoms with Crippen molar-refractivity contribution in [2.75, 3.05) is 0 Å². The fourth-order valence-electron chi connectivity index (χ4n) is 4.15. The van der Waals surface area contributed by atoms with Gasteiger partial charge in [-0.25, -0.2) is 4.79 Å². The van der Waals surface area contributed by atoms with Gasteiger partial charge in [0.2, 0.25) is 5.82 Å². The Bertz CT molecular complexity index is 1380. The van der Waals surface area contributed by atoms with Gasteiger partial charge in [-0.2, -0.15) is 4.98 Å². The van der Waals surface area contributed by atoms with Crippen molar-refractivity contribution in [3.63, 3.8) is 0 Å². The van der Waals surface area contributed by atoms with Gasteiger partial charge in [-0.1, -0.05) is 87.8 Å². The molecule has 4 rings (SSSR count). The minimum Gasteiger partial charge on any atom is -0.480 e. The minimum absolute atomic E-state index is 0.0340. The van der Waals surface area contributed by atoms with Crippen molar-refractivity contribution in [1.29, 1.82) is 0 Å². The predicted octanol–water partition coefficient (Wildman–Crippen LogP) is 6.08. The van der Waals surface area contributed by atoms with Crippen LogP contribution in [0.25, 0.3) is 22.8 Å². The summed E-state index contributed by atoms with van der Waals surface area (Å²) in [6.45, 7) is 8.43. The van der Waals surface area contributed by atoms with Gasteiger partial charge in [0, 0.05) is 23.1 Å². The third-order valence-electron chi connectivity index (χ3n) is 6.43. The lowest BCUT2D eigenvalue weighted by molar-refractivity contribution is -0.139. The summed E-state index contributed by atoms with van der Waals surface area (Å²) < 4.78 is 5.46. The molecule has 1 heterocycles. The van der Waals surface area contributed by atoms with Crippen molar-refractivity contribution in [2.45, 2.75) is 58.4 Å². The van der Waals surface area contributed by atoms with E-state index in [-0.39, 0.29) is 11.8 Å². The van der Waals surface area contributed by atoms with Crippen LogP contribution < -0.4 is 5.32 Å². The first-order valence-electron chi connectivity index (χ1n) is 12.8. The number of nitrogens with one attached hydrogen (secondary N) is 1. The molecule has 4 aromatic rings. The highest BCUT2D eigenvalue weighted by atomic mass is 16.5. The van der Waals surface area contributed by atoms with Crippen LogP contribution in [-0.2, 0) is 23.1 Å². The van der Waals surface area contributed by atoms with E-state index in [1.54, 1.807) is 12.1 Å². The summed E-state index contributed by atoms with van der Waals surface area (Å²) in [7, 11) is 0. The number of carboxylic acid groups (broad SMARTS) is 1. The second kappa shape index (κ2) is 11.4. The zero-order valence-electron chi connectivity index (χ0n) is 22.2. The maximum Gasteiger partial charge on any atom is 0.326 e. The lowest BCUT2D eigenvalue weighted by Gasteiger charge is -2.19. The third-order valence-corrected chi connectivity index (χ3v) is 6.43. The molecule has 0 fully saturated rings. The molecular weight excluding hydrogens is 478 g/mol. The molecule has 1 amide bonds.